The van der Waals surface area contributed by atoms with E-state index in [4.69, 9.17) is 9.84 Å². The van der Waals surface area contributed by atoms with Crippen molar-refractivity contribution in [1.82, 2.24) is 4.98 Å². The van der Waals surface area contributed by atoms with E-state index in [-0.39, 0.29) is 5.69 Å². The van der Waals surface area contributed by atoms with E-state index in [1.807, 2.05) is 18.2 Å². The molecule has 4 heteroatoms. The van der Waals surface area contributed by atoms with Gasteiger partial charge < -0.3 is 14.8 Å². The van der Waals surface area contributed by atoms with Gasteiger partial charge in [0.1, 0.15) is 11.4 Å². The van der Waals surface area contributed by atoms with E-state index >= 15 is 0 Å². The maximum atomic E-state index is 10.9. The zero-order chi connectivity index (χ0) is 16.5. The molecule has 2 N–H and O–H groups in total. The number of fused-ring (bicyclic) bond motifs is 1. The van der Waals surface area contributed by atoms with Crippen LogP contribution in [-0.4, -0.2) is 22.7 Å². The van der Waals surface area contributed by atoms with Crippen LogP contribution in [0.25, 0.3) is 10.9 Å². The van der Waals surface area contributed by atoms with Crippen molar-refractivity contribution in [3.63, 3.8) is 0 Å². The molecule has 0 spiro atoms. The molecule has 2 aromatic rings. The first-order valence-electron chi connectivity index (χ1n) is 8.69. The first-order valence-corrected chi connectivity index (χ1v) is 8.69. The van der Waals surface area contributed by atoms with Crippen molar-refractivity contribution in [2.45, 2.75) is 58.3 Å². The van der Waals surface area contributed by atoms with Crippen molar-refractivity contribution in [3.05, 3.63) is 30.0 Å². The maximum Gasteiger partial charge on any atom is 0.352 e. The lowest BCUT2D eigenvalue weighted by Gasteiger charge is -2.06. The van der Waals surface area contributed by atoms with Crippen molar-refractivity contribution >= 4 is 16.9 Å². The van der Waals surface area contributed by atoms with Crippen LogP contribution in [0.5, 0.6) is 5.75 Å². The second kappa shape index (κ2) is 9.23. The molecule has 4 nitrogen and oxygen atoms in total. The Kier molecular flexibility index (Phi) is 6.98. The van der Waals surface area contributed by atoms with E-state index in [0.717, 1.165) is 29.7 Å². The average molecular weight is 317 g/mol. The zero-order valence-electron chi connectivity index (χ0n) is 13.9. The number of aromatic carboxylic acids is 1. The molecule has 0 atom stereocenters. The SMILES string of the molecule is CCCCCCCCCCOc1ccc2[nH]c(C(=O)O)cc2c1. The quantitative estimate of drug-likeness (QED) is 0.546. The number of hydrogen-bond acceptors (Lipinski definition) is 2. The van der Waals surface area contributed by atoms with E-state index < -0.39 is 5.97 Å². The van der Waals surface area contributed by atoms with Crippen LogP contribution >= 0.6 is 0 Å². The minimum absolute atomic E-state index is 0.209. The number of carboxylic acid groups (broad SMARTS) is 1. The third kappa shape index (κ3) is 5.62. The molecule has 0 aliphatic carbocycles. The summed E-state index contributed by atoms with van der Waals surface area (Å²) < 4.78 is 5.77. The van der Waals surface area contributed by atoms with Gasteiger partial charge in [0, 0.05) is 10.9 Å². The molecule has 0 aliphatic rings. The summed E-state index contributed by atoms with van der Waals surface area (Å²) in [5, 5.41) is 9.86. The number of aromatic nitrogens is 1. The van der Waals surface area contributed by atoms with Crippen LogP contribution in [0.3, 0.4) is 0 Å². The summed E-state index contributed by atoms with van der Waals surface area (Å²) in [6, 6.07) is 7.28. The lowest BCUT2D eigenvalue weighted by molar-refractivity contribution is 0.0691. The van der Waals surface area contributed by atoms with Gasteiger partial charge in [0.25, 0.3) is 0 Å². The topological polar surface area (TPSA) is 62.3 Å². The Bertz CT molecular complexity index is 618. The van der Waals surface area contributed by atoms with Gasteiger partial charge in [0.15, 0.2) is 0 Å². The van der Waals surface area contributed by atoms with E-state index in [9.17, 15) is 4.79 Å². The molecule has 126 valence electrons. The smallest absolute Gasteiger partial charge is 0.352 e. The largest absolute Gasteiger partial charge is 0.494 e. The summed E-state index contributed by atoms with van der Waals surface area (Å²) in [5.41, 5.74) is 1.03. The highest BCUT2D eigenvalue weighted by Gasteiger charge is 2.07. The van der Waals surface area contributed by atoms with Gasteiger partial charge in [-0.2, -0.15) is 0 Å². The van der Waals surface area contributed by atoms with Gasteiger partial charge in [0.2, 0.25) is 0 Å². The molecule has 1 aromatic carbocycles. The predicted molar refractivity (Wildman–Crippen MR) is 93.4 cm³/mol. The predicted octanol–water partition coefficient (Wildman–Crippen LogP) is 5.39. The lowest BCUT2D eigenvalue weighted by Crippen LogP contribution is -1.97. The van der Waals surface area contributed by atoms with E-state index in [1.54, 1.807) is 6.07 Å². The van der Waals surface area contributed by atoms with Crippen molar-refractivity contribution in [2.75, 3.05) is 6.61 Å². The van der Waals surface area contributed by atoms with Crippen molar-refractivity contribution in [2.24, 2.45) is 0 Å². The van der Waals surface area contributed by atoms with Crippen LogP contribution in [0.1, 0.15) is 68.8 Å². The zero-order valence-corrected chi connectivity index (χ0v) is 13.9. The number of ether oxygens (including phenoxy) is 1. The van der Waals surface area contributed by atoms with Crippen molar-refractivity contribution in [3.8, 4) is 5.75 Å². The lowest BCUT2D eigenvalue weighted by atomic mass is 10.1. The molecule has 0 unspecified atom stereocenters. The standard InChI is InChI=1S/C19H27NO3/c1-2-3-4-5-6-7-8-9-12-23-16-10-11-17-15(13-16)14-18(20-17)19(21)22/h10-11,13-14,20H,2-9,12H2,1H3,(H,21,22). The van der Waals surface area contributed by atoms with Gasteiger partial charge in [-0.1, -0.05) is 51.9 Å². The van der Waals surface area contributed by atoms with Crippen molar-refractivity contribution in [1.29, 1.82) is 0 Å². The normalized spacial score (nSPS) is 11.0. The number of carbonyl (C=O) groups is 1. The number of hydrogen-bond donors (Lipinski definition) is 2. The molecule has 0 aliphatic heterocycles. The molecule has 0 saturated heterocycles. The first kappa shape index (κ1) is 17.4. The number of carboxylic acids is 1. The van der Waals surface area contributed by atoms with Gasteiger partial charge in [-0.25, -0.2) is 4.79 Å². The fourth-order valence-electron chi connectivity index (χ4n) is 2.74. The first-order chi connectivity index (χ1) is 11.2. The summed E-state index contributed by atoms with van der Waals surface area (Å²) in [4.78, 5) is 13.8. The van der Waals surface area contributed by atoms with Gasteiger partial charge in [-0.15, -0.1) is 0 Å². The molecule has 23 heavy (non-hydrogen) atoms. The second-order valence-electron chi connectivity index (χ2n) is 6.06. The third-order valence-electron chi connectivity index (χ3n) is 4.09. The van der Waals surface area contributed by atoms with Crippen LogP contribution in [0, 0.1) is 0 Å². The number of nitrogens with one attached hydrogen (secondary N) is 1. The fourth-order valence-corrected chi connectivity index (χ4v) is 2.74. The number of aromatic amines is 1. The number of unbranched alkanes of at least 4 members (excludes halogenated alkanes) is 7. The molecule has 1 heterocycles. The van der Waals surface area contributed by atoms with Gasteiger partial charge in [-0.3, -0.25) is 0 Å². The van der Waals surface area contributed by atoms with Gasteiger partial charge in [0.05, 0.1) is 6.61 Å². The summed E-state index contributed by atoms with van der Waals surface area (Å²) in [7, 11) is 0. The highest BCUT2D eigenvalue weighted by molar-refractivity contribution is 5.94. The highest BCUT2D eigenvalue weighted by atomic mass is 16.5. The minimum atomic E-state index is -0.942. The monoisotopic (exact) mass is 317 g/mol. The molecule has 0 amide bonds. The second-order valence-corrected chi connectivity index (χ2v) is 6.06. The number of H-pyrrole nitrogens is 1. The summed E-state index contributed by atoms with van der Waals surface area (Å²) in [5.74, 6) is -0.140. The Morgan fingerprint density at radius 3 is 2.43 bits per heavy atom. The Balaban J connectivity index is 1.68. The van der Waals surface area contributed by atoms with Crippen LogP contribution in [0.15, 0.2) is 24.3 Å². The number of rotatable bonds is 11. The minimum Gasteiger partial charge on any atom is -0.494 e. The Labute approximate surface area is 137 Å². The molecule has 2 rings (SSSR count). The van der Waals surface area contributed by atoms with Crippen LogP contribution in [0.4, 0.5) is 0 Å². The van der Waals surface area contributed by atoms with E-state index in [1.165, 1.54) is 44.9 Å². The Hall–Kier alpha value is -1.97. The molecule has 0 saturated carbocycles. The average Bonchev–Trinajstić information content (AvgIpc) is 2.97. The maximum absolute atomic E-state index is 10.9. The van der Waals surface area contributed by atoms with Crippen LogP contribution in [-0.2, 0) is 0 Å². The third-order valence-corrected chi connectivity index (χ3v) is 4.09. The van der Waals surface area contributed by atoms with Crippen molar-refractivity contribution < 1.29 is 14.6 Å². The molecular formula is C19H27NO3. The van der Waals surface area contributed by atoms with Gasteiger partial charge >= 0.3 is 5.97 Å². The molecule has 0 fully saturated rings. The van der Waals surface area contributed by atoms with Gasteiger partial charge in [-0.05, 0) is 30.7 Å². The summed E-state index contributed by atoms with van der Waals surface area (Å²) in [6.07, 6.45) is 10.3. The number of benzene rings is 1. The molecule has 1 aromatic heterocycles. The Morgan fingerprint density at radius 1 is 1.04 bits per heavy atom. The summed E-state index contributed by atoms with van der Waals surface area (Å²) in [6.45, 7) is 2.96. The molecular weight excluding hydrogens is 290 g/mol. The molecule has 0 bridgehead atoms. The Morgan fingerprint density at radius 2 is 1.74 bits per heavy atom. The van der Waals surface area contributed by atoms with E-state index in [0.29, 0.717) is 0 Å². The van der Waals surface area contributed by atoms with Crippen LogP contribution < -0.4 is 4.74 Å². The highest BCUT2D eigenvalue weighted by Crippen LogP contribution is 2.22. The fraction of sp³-hybridized carbons (Fsp3) is 0.526. The van der Waals surface area contributed by atoms with Crippen LogP contribution in [0.2, 0.25) is 0 Å². The van der Waals surface area contributed by atoms with E-state index in [2.05, 4.69) is 11.9 Å². The molecule has 0 radical (unpaired) electrons. The summed E-state index contributed by atoms with van der Waals surface area (Å²) >= 11 is 0.